The molecule has 0 aromatic carbocycles. The van der Waals surface area contributed by atoms with Crippen molar-refractivity contribution in [1.82, 2.24) is 4.90 Å². The summed E-state index contributed by atoms with van der Waals surface area (Å²) in [5.74, 6) is 1.42. The van der Waals surface area contributed by atoms with Crippen molar-refractivity contribution in [1.29, 1.82) is 0 Å². The van der Waals surface area contributed by atoms with Gasteiger partial charge < -0.3 is 15.4 Å². The monoisotopic (exact) mass is 140 g/mol. The summed E-state index contributed by atoms with van der Waals surface area (Å²) >= 11 is 0. The Morgan fingerprint density at radius 3 is 2.80 bits per heavy atom. The minimum absolute atomic E-state index is 0.545. The first-order valence-electron chi connectivity index (χ1n) is 3.13. The van der Waals surface area contributed by atoms with Gasteiger partial charge >= 0.3 is 0 Å². The third kappa shape index (κ3) is 0.943. The maximum absolute atomic E-state index is 5.63. The summed E-state index contributed by atoms with van der Waals surface area (Å²) in [5, 5.41) is 0. The van der Waals surface area contributed by atoms with Gasteiger partial charge in [0.2, 0.25) is 0 Å². The van der Waals surface area contributed by atoms with E-state index in [1.807, 2.05) is 18.9 Å². The third-order valence-electron chi connectivity index (χ3n) is 1.65. The summed E-state index contributed by atoms with van der Waals surface area (Å²) in [7, 11) is 1.88. The number of hydrogen-bond acceptors (Lipinski definition) is 3. The van der Waals surface area contributed by atoms with E-state index in [9.17, 15) is 0 Å². The first-order valence-corrected chi connectivity index (χ1v) is 3.13. The van der Waals surface area contributed by atoms with Crippen LogP contribution in [0.2, 0.25) is 0 Å². The maximum Gasteiger partial charge on any atom is 0.141 e. The van der Waals surface area contributed by atoms with Gasteiger partial charge in [-0.3, -0.25) is 0 Å². The number of nitrogens with zero attached hydrogens (tertiary/aromatic N) is 1. The quantitative estimate of drug-likeness (QED) is 0.535. The summed E-state index contributed by atoms with van der Waals surface area (Å²) in [5.41, 5.74) is 6.52. The van der Waals surface area contributed by atoms with E-state index in [0.29, 0.717) is 12.4 Å². The fourth-order valence-electron chi connectivity index (χ4n) is 0.769. The van der Waals surface area contributed by atoms with Gasteiger partial charge in [-0.25, -0.2) is 0 Å². The number of hydrogen-bond donors (Lipinski definition) is 1. The second-order valence-corrected chi connectivity index (χ2v) is 2.36. The van der Waals surface area contributed by atoms with E-state index in [-0.39, 0.29) is 0 Å². The smallest absolute Gasteiger partial charge is 0.141 e. The van der Waals surface area contributed by atoms with Crippen LogP contribution in [-0.4, -0.2) is 18.6 Å². The highest BCUT2D eigenvalue weighted by atomic mass is 16.5. The van der Waals surface area contributed by atoms with Gasteiger partial charge in [0.1, 0.15) is 18.2 Å². The average molecular weight is 140 g/mol. The molecule has 0 radical (unpaired) electrons. The van der Waals surface area contributed by atoms with Gasteiger partial charge in [-0.05, 0) is 6.92 Å². The molecule has 0 spiro atoms. The molecule has 1 heterocycles. The lowest BCUT2D eigenvalue weighted by Gasteiger charge is -2.28. The zero-order valence-electron chi connectivity index (χ0n) is 6.35. The van der Waals surface area contributed by atoms with Gasteiger partial charge in [-0.15, -0.1) is 0 Å². The van der Waals surface area contributed by atoms with Crippen molar-refractivity contribution in [2.75, 3.05) is 13.7 Å². The molecule has 0 bridgehead atoms. The Balaban J connectivity index is 2.88. The number of rotatable bonds is 0. The van der Waals surface area contributed by atoms with E-state index in [1.54, 1.807) is 0 Å². The summed E-state index contributed by atoms with van der Waals surface area (Å²) in [4.78, 5) is 1.83. The molecule has 1 aliphatic heterocycles. The molecule has 0 fully saturated rings. The lowest BCUT2D eigenvalue weighted by molar-refractivity contribution is 0.179. The van der Waals surface area contributed by atoms with Crippen LogP contribution in [0.15, 0.2) is 23.9 Å². The standard InChI is InChI=1S/C7H12N2O/c1-5-4-10-6(2)7(8)9(5)3/h1,4,8H2,2-3H3. The Kier molecular flexibility index (Phi) is 1.57. The number of allylic oxidation sites excluding steroid dienone is 1. The largest absolute Gasteiger partial charge is 0.488 e. The lowest BCUT2D eigenvalue weighted by Crippen LogP contribution is -2.30. The molecule has 0 aromatic heterocycles. The fourth-order valence-corrected chi connectivity index (χ4v) is 0.769. The maximum atomic E-state index is 5.63. The van der Waals surface area contributed by atoms with Crippen molar-refractivity contribution in [2.45, 2.75) is 6.92 Å². The molecule has 0 saturated carbocycles. The van der Waals surface area contributed by atoms with Gasteiger partial charge in [0.25, 0.3) is 0 Å². The van der Waals surface area contributed by atoms with Crippen LogP contribution in [0.3, 0.4) is 0 Å². The van der Waals surface area contributed by atoms with Crippen LogP contribution in [0.1, 0.15) is 6.92 Å². The first kappa shape index (κ1) is 6.99. The van der Waals surface area contributed by atoms with Crippen LogP contribution in [0.5, 0.6) is 0 Å². The van der Waals surface area contributed by atoms with Crippen molar-refractivity contribution in [2.24, 2.45) is 5.73 Å². The molecule has 10 heavy (non-hydrogen) atoms. The molecule has 3 nitrogen and oxygen atoms in total. The Morgan fingerprint density at radius 2 is 2.30 bits per heavy atom. The third-order valence-corrected chi connectivity index (χ3v) is 1.65. The Labute approximate surface area is 60.8 Å². The lowest BCUT2D eigenvalue weighted by atomic mass is 10.3. The van der Waals surface area contributed by atoms with Gasteiger partial charge in [-0.2, -0.15) is 0 Å². The average Bonchev–Trinajstić information content (AvgIpc) is 1.93. The van der Waals surface area contributed by atoms with E-state index in [1.165, 1.54) is 0 Å². The number of ether oxygens (including phenoxy) is 1. The van der Waals surface area contributed by atoms with Crippen molar-refractivity contribution in [3.05, 3.63) is 23.9 Å². The zero-order valence-corrected chi connectivity index (χ0v) is 6.35. The summed E-state index contributed by atoms with van der Waals surface area (Å²) in [6.45, 7) is 6.16. The highest BCUT2D eigenvalue weighted by Crippen LogP contribution is 2.16. The molecule has 1 rings (SSSR count). The molecule has 2 N–H and O–H groups in total. The van der Waals surface area contributed by atoms with Crippen molar-refractivity contribution in [3.63, 3.8) is 0 Å². The van der Waals surface area contributed by atoms with Gasteiger partial charge in [0.15, 0.2) is 0 Å². The van der Waals surface area contributed by atoms with Crippen LogP contribution in [0.25, 0.3) is 0 Å². The van der Waals surface area contributed by atoms with Crippen LogP contribution >= 0.6 is 0 Å². The Hall–Kier alpha value is -1.12. The molecular formula is C7H12N2O. The number of likely N-dealkylation sites (N-methyl/N-ethyl adjacent to an activating group) is 1. The first-order chi connectivity index (χ1) is 4.63. The fraction of sp³-hybridized carbons (Fsp3) is 0.429. The molecule has 56 valence electrons. The summed E-state index contributed by atoms with van der Waals surface area (Å²) in [6.07, 6.45) is 0. The van der Waals surface area contributed by atoms with Gasteiger partial charge in [-0.1, -0.05) is 6.58 Å². The van der Waals surface area contributed by atoms with E-state index >= 15 is 0 Å². The number of nitrogens with two attached hydrogens (primary N) is 1. The normalized spacial score (nSPS) is 19.4. The molecular weight excluding hydrogens is 128 g/mol. The second kappa shape index (κ2) is 2.25. The van der Waals surface area contributed by atoms with Gasteiger partial charge in [0.05, 0.1) is 0 Å². The van der Waals surface area contributed by atoms with E-state index < -0.39 is 0 Å². The van der Waals surface area contributed by atoms with Gasteiger partial charge in [0, 0.05) is 12.7 Å². The zero-order chi connectivity index (χ0) is 7.72. The second-order valence-electron chi connectivity index (χ2n) is 2.36. The van der Waals surface area contributed by atoms with Crippen LogP contribution in [0, 0.1) is 0 Å². The minimum atomic E-state index is 0.545. The van der Waals surface area contributed by atoms with Crippen LogP contribution in [-0.2, 0) is 4.74 Å². The predicted octanol–water partition coefficient (Wildman–Crippen LogP) is 0.610. The van der Waals surface area contributed by atoms with Crippen LogP contribution in [0.4, 0.5) is 0 Å². The molecule has 1 aliphatic rings. The highest BCUT2D eigenvalue weighted by Gasteiger charge is 2.14. The molecule has 0 aromatic rings. The van der Waals surface area contributed by atoms with E-state index in [0.717, 1.165) is 11.5 Å². The molecule has 0 aliphatic carbocycles. The van der Waals surface area contributed by atoms with E-state index in [4.69, 9.17) is 10.5 Å². The van der Waals surface area contributed by atoms with Crippen molar-refractivity contribution >= 4 is 0 Å². The molecule has 0 unspecified atom stereocenters. The SMILES string of the molecule is C=C1COC(C)=C(N)N1C. The molecule has 0 amide bonds. The summed E-state index contributed by atoms with van der Waals surface area (Å²) < 4.78 is 5.19. The summed E-state index contributed by atoms with van der Waals surface area (Å²) in [6, 6.07) is 0. The predicted molar refractivity (Wildman–Crippen MR) is 39.7 cm³/mol. The molecule has 3 heteroatoms. The van der Waals surface area contributed by atoms with E-state index in [2.05, 4.69) is 6.58 Å². The Bertz CT molecular complexity index is 196. The topological polar surface area (TPSA) is 38.5 Å². The molecule has 0 saturated heterocycles. The van der Waals surface area contributed by atoms with Crippen molar-refractivity contribution in [3.8, 4) is 0 Å². The minimum Gasteiger partial charge on any atom is -0.488 e. The van der Waals surface area contributed by atoms with Crippen LogP contribution < -0.4 is 5.73 Å². The molecule has 0 atom stereocenters. The Morgan fingerprint density at radius 1 is 1.70 bits per heavy atom. The van der Waals surface area contributed by atoms with Crippen molar-refractivity contribution < 1.29 is 4.74 Å². The highest BCUT2D eigenvalue weighted by molar-refractivity contribution is 5.13.